The molecule has 0 heterocycles. The predicted octanol–water partition coefficient (Wildman–Crippen LogP) is 6.77. The maximum absolute atomic E-state index is 13.8. The number of nitrogens with zero attached hydrogens (tertiary/aromatic N) is 1. The van der Waals surface area contributed by atoms with Gasteiger partial charge in [-0.25, -0.2) is 0 Å². The Kier molecular flexibility index (Phi) is 10.1. The van der Waals surface area contributed by atoms with Gasteiger partial charge in [0.05, 0.1) is 0 Å². The Labute approximate surface area is 235 Å². The average Bonchev–Trinajstić information content (AvgIpc) is 2.92. The summed E-state index contributed by atoms with van der Waals surface area (Å²) < 4.78 is 5.84. The van der Waals surface area contributed by atoms with Gasteiger partial charge in [0.25, 0.3) is 5.91 Å². The summed E-state index contributed by atoms with van der Waals surface area (Å²) in [5.41, 5.74) is 2.66. The van der Waals surface area contributed by atoms with Crippen LogP contribution in [0.25, 0.3) is 0 Å². The van der Waals surface area contributed by atoms with E-state index in [1.807, 2.05) is 61.5 Å². The van der Waals surface area contributed by atoms with Crippen LogP contribution in [-0.2, 0) is 22.6 Å². The Hall–Kier alpha value is -3.02. The van der Waals surface area contributed by atoms with Crippen LogP contribution >= 0.6 is 23.2 Å². The number of amides is 2. The van der Waals surface area contributed by atoms with Gasteiger partial charge >= 0.3 is 0 Å². The molecule has 1 atom stereocenters. The molecule has 1 fully saturated rings. The van der Waals surface area contributed by atoms with E-state index in [0.29, 0.717) is 27.8 Å². The van der Waals surface area contributed by atoms with E-state index in [9.17, 15) is 9.59 Å². The van der Waals surface area contributed by atoms with Crippen molar-refractivity contribution in [2.75, 3.05) is 6.61 Å². The second-order valence-corrected chi connectivity index (χ2v) is 10.7. The fourth-order valence-corrected chi connectivity index (χ4v) is 5.33. The lowest BCUT2D eigenvalue weighted by atomic mass is 9.94. The molecule has 4 rings (SSSR count). The fraction of sp³-hybridized carbons (Fsp3) is 0.355. The van der Waals surface area contributed by atoms with E-state index in [-0.39, 0.29) is 31.0 Å². The highest BCUT2D eigenvalue weighted by atomic mass is 35.5. The molecule has 0 spiro atoms. The molecule has 0 saturated heterocycles. The molecule has 0 bridgehead atoms. The van der Waals surface area contributed by atoms with Crippen LogP contribution in [0.4, 0.5) is 0 Å². The van der Waals surface area contributed by atoms with Gasteiger partial charge in [-0.2, -0.15) is 0 Å². The SMILES string of the molecule is Cc1ccc(OCC(=O)N(Cc2c(Cl)cccc2Cl)[C@@H](Cc2ccccc2)C(=O)NC2CCCCC2)cc1. The first kappa shape index (κ1) is 28.0. The number of hydrogen-bond donors (Lipinski definition) is 1. The smallest absolute Gasteiger partial charge is 0.261 e. The van der Waals surface area contributed by atoms with Gasteiger partial charge in [0.15, 0.2) is 6.61 Å². The van der Waals surface area contributed by atoms with Crippen LogP contribution in [0.5, 0.6) is 5.75 Å². The third-order valence-corrected chi connectivity index (χ3v) is 7.70. The highest BCUT2D eigenvalue weighted by Crippen LogP contribution is 2.28. The molecular weight excluding hydrogens is 519 g/mol. The Balaban J connectivity index is 1.64. The standard InChI is InChI=1S/C31H34Cl2N2O3/c1-22-15-17-25(18-16-22)38-21-30(36)35(20-26-27(32)13-8-14-28(26)33)29(19-23-9-4-2-5-10-23)31(37)34-24-11-6-3-7-12-24/h2,4-5,8-10,13-18,24,29H,3,6-7,11-12,19-21H2,1H3,(H,34,37)/t29-/m0/s1. The third-order valence-electron chi connectivity index (χ3n) is 7.00. The molecule has 200 valence electrons. The first-order chi connectivity index (χ1) is 18.4. The molecule has 0 radical (unpaired) electrons. The van der Waals surface area contributed by atoms with Crippen LogP contribution in [-0.4, -0.2) is 35.4 Å². The number of ether oxygens (including phenoxy) is 1. The molecule has 1 N–H and O–H groups in total. The molecule has 5 nitrogen and oxygen atoms in total. The number of aryl methyl sites for hydroxylation is 1. The molecule has 0 unspecified atom stereocenters. The van der Waals surface area contributed by atoms with Gasteiger partial charge in [0.1, 0.15) is 11.8 Å². The van der Waals surface area contributed by atoms with E-state index in [0.717, 1.165) is 36.8 Å². The minimum absolute atomic E-state index is 0.0875. The molecule has 1 saturated carbocycles. The first-order valence-electron chi connectivity index (χ1n) is 13.2. The lowest BCUT2D eigenvalue weighted by Gasteiger charge is -2.33. The number of benzene rings is 3. The van der Waals surface area contributed by atoms with Gasteiger partial charge in [-0.05, 0) is 49.6 Å². The summed E-state index contributed by atoms with van der Waals surface area (Å²) in [7, 11) is 0. The molecule has 1 aliphatic carbocycles. The van der Waals surface area contributed by atoms with Crippen molar-refractivity contribution in [3.05, 3.63) is 99.5 Å². The van der Waals surface area contributed by atoms with Crippen molar-refractivity contribution >= 4 is 35.0 Å². The van der Waals surface area contributed by atoms with Gasteiger partial charge in [-0.3, -0.25) is 9.59 Å². The van der Waals surface area contributed by atoms with Crippen molar-refractivity contribution in [1.82, 2.24) is 10.2 Å². The molecule has 3 aromatic carbocycles. The maximum Gasteiger partial charge on any atom is 0.261 e. The van der Waals surface area contributed by atoms with Gasteiger partial charge in [0.2, 0.25) is 5.91 Å². The highest BCUT2D eigenvalue weighted by Gasteiger charge is 2.33. The second kappa shape index (κ2) is 13.7. The zero-order chi connectivity index (χ0) is 26.9. The van der Waals surface area contributed by atoms with Crippen molar-refractivity contribution in [2.24, 2.45) is 0 Å². The minimum atomic E-state index is -0.763. The zero-order valence-corrected chi connectivity index (χ0v) is 23.2. The first-order valence-corrected chi connectivity index (χ1v) is 13.9. The summed E-state index contributed by atoms with van der Waals surface area (Å²) in [6.45, 7) is 1.86. The van der Waals surface area contributed by atoms with Crippen molar-refractivity contribution in [1.29, 1.82) is 0 Å². The summed E-state index contributed by atoms with van der Waals surface area (Å²) in [5, 5.41) is 4.12. The van der Waals surface area contributed by atoms with E-state index in [2.05, 4.69) is 5.32 Å². The van der Waals surface area contributed by atoms with Crippen molar-refractivity contribution < 1.29 is 14.3 Å². The van der Waals surface area contributed by atoms with E-state index in [1.165, 1.54) is 6.42 Å². The molecule has 0 aliphatic heterocycles. The number of halogens is 2. The molecule has 3 aromatic rings. The molecule has 1 aliphatic rings. The summed E-state index contributed by atoms with van der Waals surface area (Å²) in [6.07, 6.45) is 5.63. The average molecular weight is 554 g/mol. The predicted molar refractivity (Wildman–Crippen MR) is 153 cm³/mol. The highest BCUT2D eigenvalue weighted by molar-refractivity contribution is 6.36. The summed E-state index contributed by atoms with van der Waals surface area (Å²) in [4.78, 5) is 29.2. The van der Waals surface area contributed by atoms with Crippen LogP contribution in [0.15, 0.2) is 72.8 Å². The zero-order valence-electron chi connectivity index (χ0n) is 21.7. The van der Waals surface area contributed by atoms with E-state index < -0.39 is 6.04 Å². The van der Waals surface area contributed by atoms with Crippen LogP contribution in [0.1, 0.15) is 48.8 Å². The van der Waals surface area contributed by atoms with Crippen molar-refractivity contribution in [3.8, 4) is 5.75 Å². The van der Waals surface area contributed by atoms with E-state index >= 15 is 0 Å². The normalized spacial score (nSPS) is 14.5. The Morgan fingerprint density at radius 2 is 1.58 bits per heavy atom. The number of rotatable bonds is 10. The summed E-state index contributed by atoms with van der Waals surface area (Å²) in [5.74, 6) is 0.0971. The molecule has 2 amide bonds. The molecule has 0 aromatic heterocycles. The van der Waals surface area contributed by atoms with E-state index in [4.69, 9.17) is 27.9 Å². The lowest BCUT2D eigenvalue weighted by Crippen LogP contribution is -2.53. The maximum atomic E-state index is 13.8. The number of carbonyl (C=O) groups excluding carboxylic acids is 2. The number of carbonyl (C=O) groups is 2. The number of hydrogen-bond acceptors (Lipinski definition) is 3. The monoisotopic (exact) mass is 552 g/mol. The van der Waals surface area contributed by atoms with Crippen molar-refractivity contribution in [3.63, 3.8) is 0 Å². The second-order valence-electron chi connectivity index (χ2n) is 9.87. The van der Waals surface area contributed by atoms with Crippen LogP contribution in [0, 0.1) is 6.92 Å². The van der Waals surface area contributed by atoms with E-state index in [1.54, 1.807) is 23.1 Å². The fourth-order valence-electron chi connectivity index (χ4n) is 4.81. The van der Waals surface area contributed by atoms with Crippen molar-refractivity contribution in [2.45, 2.75) is 64.1 Å². The van der Waals surface area contributed by atoms with Crippen LogP contribution < -0.4 is 10.1 Å². The summed E-state index contributed by atoms with van der Waals surface area (Å²) >= 11 is 13.0. The topological polar surface area (TPSA) is 58.6 Å². The molecule has 7 heteroatoms. The largest absolute Gasteiger partial charge is 0.484 e. The van der Waals surface area contributed by atoms with Crippen LogP contribution in [0.3, 0.4) is 0 Å². The Morgan fingerprint density at radius 1 is 0.921 bits per heavy atom. The van der Waals surface area contributed by atoms with Gasteiger partial charge in [-0.15, -0.1) is 0 Å². The quantitative estimate of drug-likeness (QED) is 0.302. The molecular formula is C31H34Cl2N2O3. The molecule has 38 heavy (non-hydrogen) atoms. The lowest BCUT2D eigenvalue weighted by molar-refractivity contribution is -0.143. The number of nitrogens with one attached hydrogen (secondary N) is 1. The third kappa shape index (κ3) is 7.75. The Morgan fingerprint density at radius 3 is 2.24 bits per heavy atom. The minimum Gasteiger partial charge on any atom is -0.484 e. The Bertz CT molecular complexity index is 1190. The van der Waals surface area contributed by atoms with Crippen LogP contribution in [0.2, 0.25) is 10.0 Å². The van der Waals surface area contributed by atoms with Gasteiger partial charge < -0.3 is 15.0 Å². The summed E-state index contributed by atoms with van der Waals surface area (Å²) in [6, 6.07) is 21.8. The van der Waals surface area contributed by atoms with Gasteiger partial charge in [-0.1, -0.05) is 96.6 Å². The van der Waals surface area contributed by atoms with Gasteiger partial charge in [0, 0.05) is 34.6 Å².